The molecule has 0 aromatic heterocycles. The molecule has 116 valence electrons. The molecule has 0 spiro atoms. The van der Waals surface area contributed by atoms with Crippen LogP contribution in [-0.2, 0) is 12.5 Å². The minimum atomic E-state index is -2.77. The summed E-state index contributed by atoms with van der Waals surface area (Å²) in [7, 11) is 0. The number of hydrogen-bond donors (Lipinski definition) is 0. The predicted octanol–water partition coefficient (Wildman–Crippen LogP) is 4.73. The molecule has 0 unspecified atom stereocenters. The second kappa shape index (κ2) is 8.14. The fraction of sp³-hybridized carbons (Fsp3) is 0.556. The van der Waals surface area contributed by atoms with Crippen LogP contribution in [0.5, 0.6) is 0 Å². The number of benzene rings is 1. The molecule has 0 aliphatic heterocycles. The van der Waals surface area contributed by atoms with Gasteiger partial charge in [-0.3, -0.25) is 4.90 Å². The Labute approximate surface area is 127 Å². The van der Waals surface area contributed by atoms with Crippen LogP contribution in [0.1, 0.15) is 49.8 Å². The van der Waals surface area contributed by atoms with Crippen molar-refractivity contribution in [1.29, 1.82) is 0 Å². The first-order valence-corrected chi connectivity index (χ1v) is 7.58. The Hall–Kier alpha value is -1.40. The summed E-state index contributed by atoms with van der Waals surface area (Å²) in [6, 6.07) is 5.34. The van der Waals surface area contributed by atoms with Gasteiger partial charge in [0.1, 0.15) is 0 Å². The number of nitrogens with zero attached hydrogens (tertiary/aromatic N) is 1. The zero-order valence-electron chi connectivity index (χ0n) is 13.3. The van der Waals surface area contributed by atoms with Gasteiger partial charge in [0.2, 0.25) is 0 Å². The Kier molecular flexibility index (Phi) is 6.84. The Bertz CT molecular complexity index is 488. The maximum atomic E-state index is 14.2. The highest BCUT2D eigenvalue weighted by Crippen LogP contribution is 2.34. The number of rotatable bonds is 8. The summed E-state index contributed by atoms with van der Waals surface area (Å²) in [5.74, 6) is -0.155. The molecule has 0 amide bonds. The van der Waals surface area contributed by atoms with Crippen LogP contribution in [-0.4, -0.2) is 18.0 Å². The monoisotopic (exact) mass is 293 g/mol. The van der Waals surface area contributed by atoms with E-state index in [1.165, 1.54) is 6.92 Å². The molecule has 0 aliphatic rings. The summed E-state index contributed by atoms with van der Waals surface area (Å²) in [6.45, 7) is 7.60. The van der Waals surface area contributed by atoms with E-state index in [-0.39, 0.29) is 12.0 Å². The topological polar surface area (TPSA) is 3.24 Å². The first-order valence-electron chi connectivity index (χ1n) is 7.58. The largest absolute Gasteiger partial charge is 0.298 e. The standard InChI is InChI=1S/C18H25F2N/c1-5-8-12-21(11-6-2)14-16-10-9-15(4)13-17(16)18(19,20)7-3/h1,9-10,13H,6-8,11-12,14H2,2-4H3. The number of halogens is 2. The molecule has 1 aromatic rings. The van der Waals surface area contributed by atoms with Crippen LogP contribution >= 0.6 is 0 Å². The molecule has 0 fully saturated rings. The van der Waals surface area contributed by atoms with Gasteiger partial charge < -0.3 is 0 Å². The lowest BCUT2D eigenvalue weighted by atomic mass is 9.97. The lowest BCUT2D eigenvalue weighted by Gasteiger charge is -2.25. The van der Waals surface area contributed by atoms with Gasteiger partial charge in [0.25, 0.3) is 5.92 Å². The van der Waals surface area contributed by atoms with E-state index in [9.17, 15) is 8.78 Å². The first-order chi connectivity index (χ1) is 9.94. The Balaban J connectivity index is 3.03. The molecule has 1 aromatic carbocycles. The van der Waals surface area contributed by atoms with E-state index in [2.05, 4.69) is 17.7 Å². The van der Waals surface area contributed by atoms with Crippen LogP contribution in [0.15, 0.2) is 18.2 Å². The van der Waals surface area contributed by atoms with Crippen molar-refractivity contribution < 1.29 is 8.78 Å². The fourth-order valence-electron chi connectivity index (χ4n) is 2.41. The van der Waals surface area contributed by atoms with Crippen LogP contribution in [0.2, 0.25) is 0 Å². The maximum Gasteiger partial charge on any atom is 0.273 e. The third kappa shape index (κ3) is 5.13. The minimum absolute atomic E-state index is 0.159. The summed E-state index contributed by atoms with van der Waals surface area (Å²) in [5.41, 5.74) is 1.73. The lowest BCUT2D eigenvalue weighted by Crippen LogP contribution is -2.27. The maximum absolute atomic E-state index is 14.2. The molecule has 0 saturated carbocycles. The molecule has 3 heteroatoms. The molecule has 0 heterocycles. The van der Waals surface area contributed by atoms with E-state index in [0.717, 1.165) is 25.1 Å². The smallest absolute Gasteiger partial charge is 0.273 e. The molecular formula is C18H25F2N. The molecule has 0 atom stereocenters. The third-order valence-electron chi connectivity index (χ3n) is 3.61. The molecule has 0 bridgehead atoms. The second-order valence-electron chi connectivity index (χ2n) is 5.45. The van der Waals surface area contributed by atoms with Gasteiger partial charge in [0.15, 0.2) is 0 Å². The number of hydrogen-bond acceptors (Lipinski definition) is 1. The third-order valence-corrected chi connectivity index (χ3v) is 3.61. The summed E-state index contributed by atoms with van der Waals surface area (Å²) < 4.78 is 28.3. The van der Waals surface area contributed by atoms with Crippen molar-refractivity contribution in [3.63, 3.8) is 0 Å². The number of alkyl halides is 2. The minimum Gasteiger partial charge on any atom is -0.298 e. The zero-order chi connectivity index (χ0) is 15.9. The molecular weight excluding hydrogens is 268 g/mol. The van der Waals surface area contributed by atoms with Crippen molar-refractivity contribution in [2.75, 3.05) is 13.1 Å². The van der Waals surface area contributed by atoms with Gasteiger partial charge in [-0.2, -0.15) is 0 Å². The highest BCUT2D eigenvalue weighted by atomic mass is 19.3. The summed E-state index contributed by atoms with van der Waals surface area (Å²) in [6.07, 6.45) is 6.76. The normalized spacial score (nSPS) is 11.7. The van der Waals surface area contributed by atoms with Gasteiger partial charge >= 0.3 is 0 Å². The number of aryl methyl sites for hydroxylation is 1. The van der Waals surface area contributed by atoms with E-state index >= 15 is 0 Å². The molecule has 21 heavy (non-hydrogen) atoms. The first kappa shape index (κ1) is 17.7. The summed E-state index contributed by atoms with van der Waals surface area (Å²) in [5, 5.41) is 0. The average molecular weight is 293 g/mol. The van der Waals surface area contributed by atoms with Crippen LogP contribution < -0.4 is 0 Å². The summed E-state index contributed by atoms with van der Waals surface area (Å²) >= 11 is 0. The van der Waals surface area contributed by atoms with E-state index in [4.69, 9.17) is 6.42 Å². The van der Waals surface area contributed by atoms with Crippen molar-refractivity contribution in [2.24, 2.45) is 0 Å². The predicted molar refractivity (Wildman–Crippen MR) is 84.4 cm³/mol. The van der Waals surface area contributed by atoms with Crippen molar-refractivity contribution in [3.8, 4) is 12.3 Å². The van der Waals surface area contributed by atoms with E-state index in [0.29, 0.717) is 18.5 Å². The Morgan fingerprint density at radius 2 is 1.95 bits per heavy atom. The molecule has 1 rings (SSSR count). The Morgan fingerprint density at radius 3 is 2.52 bits per heavy atom. The van der Waals surface area contributed by atoms with Crippen molar-refractivity contribution in [2.45, 2.75) is 52.5 Å². The highest BCUT2D eigenvalue weighted by Gasteiger charge is 2.31. The van der Waals surface area contributed by atoms with Crippen LogP contribution in [0.4, 0.5) is 8.78 Å². The van der Waals surface area contributed by atoms with Gasteiger partial charge in [0.05, 0.1) is 0 Å². The van der Waals surface area contributed by atoms with E-state index in [1.807, 2.05) is 19.1 Å². The molecule has 0 radical (unpaired) electrons. The van der Waals surface area contributed by atoms with Gasteiger partial charge in [-0.25, -0.2) is 8.78 Å². The van der Waals surface area contributed by atoms with Crippen molar-refractivity contribution in [1.82, 2.24) is 4.90 Å². The summed E-state index contributed by atoms with van der Waals surface area (Å²) in [4.78, 5) is 2.15. The Morgan fingerprint density at radius 1 is 1.24 bits per heavy atom. The fourth-order valence-corrected chi connectivity index (χ4v) is 2.41. The van der Waals surface area contributed by atoms with E-state index < -0.39 is 5.92 Å². The molecule has 0 saturated heterocycles. The molecule has 0 aliphatic carbocycles. The van der Waals surface area contributed by atoms with Gasteiger partial charge in [0, 0.05) is 31.5 Å². The lowest BCUT2D eigenvalue weighted by molar-refractivity contribution is -0.00979. The number of terminal acetylenes is 1. The second-order valence-corrected chi connectivity index (χ2v) is 5.45. The zero-order valence-corrected chi connectivity index (χ0v) is 13.3. The van der Waals surface area contributed by atoms with Gasteiger partial charge in [-0.05, 0) is 31.5 Å². The molecule has 1 nitrogen and oxygen atoms in total. The molecule has 0 N–H and O–H groups in total. The van der Waals surface area contributed by atoms with Gasteiger partial charge in [-0.1, -0.05) is 31.5 Å². The van der Waals surface area contributed by atoms with E-state index in [1.54, 1.807) is 6.07 Å². The SMILES string of the molecule is C#CCCN(CCC)Cc1ccc(C)cc1C(F)(F)CC. The average Bonchev–Trinajstić information content (AvgIpc) is 2.46. The van der Waals surface area contributed by atoms with Gasteiger partial charge in [-0.15, -0.1) is 12.3 Å². The van der Waals surface area contributed by atoms with Crippen LogP contribution in [0.3, 0.4) is 0 Å². The van der Waals surface area contributed by atoms with Crippen molar-refractivity contribution >= 4 is 0 Å². The van der Waals surface area contributed by atoms with Crippen LogP contribution in [0.25, 0.3) is 0 Å². The van der Waals surface area contributed by atoms with Crippen LogP contribution in [0, 0.1) is 19.3 Å². The highest BCUT2D eigenvalue weighted by molar-refractivity contribution is 5.34. The van der Waals surface area contributed by atoms with Crippen molar-refractivity contribution in [3.05, 3.63) is 34.9 Å². The quantitative estimate of drug-likeness (QED) is 0.626.